The molecule has 0 saturated heterocycles. The molecular formula is C16H10F3N3O3. The van der Waals surface area contributed by atoms with Crippen molar-refractivity contribution in [2.75, 3.05) is 0 Å². The quantitative estimate of drug-likeness (QED) is 0.490. The molecule has 0 saturated carbocycles. The number of H-pyrrole nitrogens is 1. The summed E-state index contributed by atoms with van der Waals surface area (Å²) >= 11 is 0. The molecule has 25 heavy (non-hydrogen) atoms. The van der Waals surface area contributed by atoms with Crippen molar-refractivity contribution in [1.29, 1.82) is 0 Å². The number of hydrogen-bond donors (Lipinski definition) is 3. The molecule has 1 amide bonds. The van der Waals surface area contributed by atoms with Gasteiger partial charge in [0.25, 0.3) is 11.5 Å². The first-order chi connectivity index (χ1) is 11.8. The lowest BCUT2D eigenvalue weighted by molar-refractivity contribution is -0.137. The molecule has 6 nitrogen and oxygen atoms in total. The Hall–Kier alpha value is -3.20. The largest absolute Gasteiger partial charge is 0.416 e. The Kier molecular flexibility index (Phi) is 4.01. The van der Waals surface area contributed by atoms with Crippen LogP contribution in [-0.4, -0.2) is 21.1 Å². The fourth-order valence-electron chi connectivity index (χ4n) is 2.30. The number of carbonyl (C=O) groups is 1. The SMILES string of the molecule is O=C(NO)c1ccc2c(=O)[nH]c(-c3ccc(C(F)(F)F)cc3)nc2c1. The van der Waals surface area contributed by atoms with Gasteiger partial charge < -0.3 is 4.98 Å². The molecule has 0 unspecified atom stereocenters. The molecule has 0 aliphatic carbocycles. The van der Waals surface area contributed by atoms with Crippen LogP contribution in [0.2, 0.25) is 0 Å². The minimum Gasteiger partial charge on any atom is -0.306 e. The highest BCUT2D eigenvalue weighted by atomic mass is 19.4. The summed E-state index contributed by atoms with van der Waals surface area (Å²) in [6, 6.07) is 8.15. The van der Waals surface area contributed by atoms with E-state index in [1.807, 2.05) is 0 Å². The van der Waals surface area contributed by atoms with Gasteiger partial charge in [-0.3, -0.25) is 14.8 Å². The Labute approximate surface area is 137 Å². The third kappa shape index (κ3) is 3.22. The standard InChI is InChI=1S/C16H10F3N3O3/c17-16(18,19)10-4-1-8(2-5-10)13-20-12-7-9(14(23)22-25)3-6-11(12)15(24)21-13/h1-7,25H,(H,22,23)(H,20,21,24). The van der Waals surface area contributed by atoms with Gasteiger partial charge in [-0.15, -0.1) is 0 Å². The van der Waals surface area contributed by atoms with Crippen molar-refractivity contribution in [3.63, 3.8) is 0 Å². The van der Waals surface area contributed by atoms with Gasteiger partial charge in [-0.05, 0) is 30.3 Å². The molecule has 0 spiro atoms. The highest BCUT2D eigenvalue weighted by Gasteiger charge is 2.30. The van der Waals surface area contributed by atoms with E-state index in [1.54, 1.807) is 0 Å². The van der Waals surface area contributed by atoms with Crippen molar-refractivity contribution in [1.82, 2.24) is 15.4 Å². The van der Waals surface area contributed by atoms with Gasteiger partial charge in [-0.1, -0.05) is 12.1 Å². The van der Waals surface area contributed by atoms with E-state index < -0.39 is 23.2 Å². The summed E-state index contributed by atoms with van der Waals surface area (Å²) in [4.78, 5) is 30.2. The number of benzene rings is 2. The fraction of sp³-hybridized carbons (Fsp3) is 0.0625. The van der Waals surface area contributed by atoms with Gasteiger partial charge in [0, 0.05) is 11.1 Å². The molecule has 0 fully saturated rings. The minimum atomic E-state index is -4.46. The Morgan fingerprint density at radius 3 is 2.40 bits per heavy atom. The van der Waals surface area contributed by atoms with Crippen LogP contribution in [0.4, 0.5) is 13.2 Å². The zero-order chi connectivity index (χ0) is 18.2. The van der Waals surface area contributed by atoms with Crippen LogP contribution in [0.15, 0.2) is 47.3 Å². The number of halogens is 3. The zero-order valence-corrected chi connectivity index (χ0v) is 12.4. The first-order valence-electron chi connectivity index (χ1n) is 6.96. The van der Waals surface area contributed by atoms with Gasteiger partial charge >= 0.3 is 6.18 Å². The molecule has 128 valence electrons. The topological polar surface area (TPSA) is 95.1 Å². The third-order valence-corrected chi connectivity index (χ3v) is 3.56. The van der Waals surface area contributed by atoms with Crippen molar-refractivity contribution in [2.24, 2.45) is 0 Å². The minimum absolute atomic E-state index is 0.0628. The van der Waals surface area contributed by atoms with E-state index in [-0.39, 0.29) is 27.9 Å². The molecule has 3 rings (SSSR count). The Bertz CT molecular complexity index is 1010. The van der Waals surface area contributed by atoms with Crippen molar-refractivity contribution in [3.05, 3.63) is 63.9 Å². The number of alkyl halides is 3. The maximum atomic E-state index is 12.6. The summed E-state index contributed by atoms with van der Waals surface area (Å²) in [5.74, 6) is -0.715. The van der Waals surface area contributed by atoms with E-state index in [0.717, 1.165) is 12.1 Å². The Balaban J connectivity index is 2.10. The molecule has 0 bridgehead atoms. The number of hydroxylamine groups is 1. The monoisotopic (exact) mass is 349 g/mol. The highest BCUT2D eigenvalue weighted by molar-refractivity contribution is 5.97. The van der Waals surface area contributed by atoms with E-state index in [1.165, 1.54) is 35.8 Å². The van der Waals surface area contributed by atoms with Crippen molar-refractivity contribution in [3.8, 4) is 11.4 Å². The molecule has 0 radical (unpaired) electrons. The molecule has 0 aliphatic rings. The van der Waals surface area contributed by atoms with Gasteiger partial charge in [0.05, 0.1) is 16.5 Å². The van der Waals surface area contributed by atoms with Gasteiger partial charge in [0.2, 0.25) is 0 Å². The van der Waals surface area contributed by atoms with Gasteiger partial charge in [-0.2, -0.15) is 13.2 Å². The van der Waals surface area contributed by atoms with Gasteiger partial charge in [0.15, 0.2) is 0 Å². The second kappa shape index (κ2) is 6.02. The van der Waals surface area contributed by atoms with Crippen molar-refractivity contribution in [2.45, 2.75) is 6.18 Å². The molecule has 3 N–H and O–H groups in total. The van der Waals surface area contributed by atoms with Crippen LogP contribution in [-0.2, 0) is 6.18 Å². The maximum Gasteiger partial charge on any atom is 0.416 e. The summed E-state index contributed by atoms with van der Waals surface area (Å²) in [6.07, 6.45) is -4.46. The number of carbonyl (C=O) groups excluding carboxylic acids is 1. The van der Waals surface area contributed by atoms with Crippen LogP contribution < -0.4 is 11.0 Å². The van der Waals surface area contributed by atoms with Crippen LogP contribution in [0, 0.1) is 0 Å². The molecule has 3 aromatic rings. The molecule has 1 heterocycles. The second-order valence-electron chi connectivity index (χ2n) is 5.16. The lowest BCUT2D eigenvalue weighted by atomic mass is 10.1. The Morgan fingerprint density at radius 2 is 1.80 bits per heavy atom. The third-order valence-electron chi connectivity index (χ3n) is 3.56. The Morgan fingerprint density at radius 1 is 1.12 bits per heavy atom. The normalized spacial score (nSPS) is 11.5. The first-order valence-corrected chi connectivity index (χ1v) is 6.96. The van der Waals surface area contributed by atoms with Crippen LogP contribution >= 0.6 is 0 Å². The molecule has 0 aliphatic heterocycles. The average molecular weight is 349 g/mol. The highest BCUT2D eigenvalue weighted by Crippen LogP contribution is 2.30. The van der Waals surface area contributed by atoms with Gasteiger partial charge in [-0.25, -0.2) is 10.5 Å². The van der Waals surface area contributed by atoms with Crippen LogP contribution in [0.25, 0.3) is 22.3 Å². The molecule has 1 aromatic heterocycles. The number of amides is 1. The molecule has 0 atom stereocenters. The van der Waals surface area contributed by atoms with E-state index in [4.69, 9.17) is 5.21 Å². The second-order valence-corrected chi connectivity index (χ2v) is 5.16. The summed E-state index contributed by atoms with van der Waals surface area (Å²) in [5.41, 5.74) is 0.669. The number of hydrogen-bond acceptors (Lipinski definition) is 4. The summed E-state index contributed by atoms with van der Waals surface area (Å²) < 4.78 is 37.8. The predicted octanol–water partition coefficient (Wildman–Crippen LogP) is 2.73. The lowest BCUT2D eigenvalue weighted by Gasteiger charge is -2.08. The van der Waals surface area contributed by atoms with E-state index in [2.05, 4.69) is 9.97 Å². The number of rotatable bonds is 2. The van der Waals surface area contributed by atoms with E-state index >= 15 is 0 Å². The van der Waals surface area contributed by atoms with Crippen LogP contribution in [0.1, 0.15) is 15.9 Å². The van der Waals surface area contributed by atoms with Crippen molar-refractivity contribution >= 4 is 16.8 Å². The number of nitrogens with one attached hydrogen (secondary N) is 2. The maximum absolute atomic E-state index is 12.6. The zero-order valence-electron chi connectivity index (χ0n) is 12.4. The van der Waals surface area contributed by atoms with Gasteiger partial charge in [0.1, 0.15) is 5.82 Å². The van der Waals surface area contributed by atoms with Crippen molar-refractivity contribution < 1.29 is 23.2 Å². The predicted molar refractivity (Wildman–Crippen MR) is 82.1 cm³/mol. The first kappa shape index (κ1) is 16.7. The fourth-order valence-corrected chi connectivity index (χ4v) is 2.30. The number of aromatic amines is 1. The average Bonchev–Trinajstić information content (AvgIpc) is 2.59. The lowest BCUT2D eigenvalue weighted by Crippen LogP contribution is -2.19. The number of nitrogens with zero attached hydrogens (tertiary/aromatic N) is 1. The smallest absolute Gasteiger partial charge is 0.306 e. The van der Waals surface area contributed by atoms with Crippen LogP contribution in [0.5, 0.6) is 0 Å². The molecule has 9 heteroatoms. The molecular weight excluding hydrogens is 339 g/mol. The number of aromatic nitrogens is 2. The van der Waals surface area contributed by atoms with E-state index in [9.17, 15) is 22.8 Å². The summed E-state index contributed by atoms with van der Waals surface area (Å²) in [6.45, 7) is 0. The van der Waals surface area contributed by atoms with E-state index in [0.29, 0.717) is 0 Å². The summed E-state index contributed by atoms with van der Waals surface area (Å²) in [5, 5.41) is 8.86. The number of fused-ring (bicyclic) bond motifs is 1. The van der Waals surface area contributed by atoms with Crippen LogP contribution in [0.3, 0.4) is 0 Å². The summed E-state index contributed by atoms with van der Waals surface area (Å²) in [7, 11) is 0. The molecule has 2 aromatic carbocycles.